The van der Waals surface area contributed by atoms with Gasteiger partial charge in [-0.25, -0.2) is 0 Å². The van der Waals surface area contributed by atoms with Gasteiger partial charge in [0.15, 0.2) is 0 Å². The second-order valence-corrected chi connectivity index (χ2v) is 6.06. The summed E-state index contributed by atoms with van der Waals surface area (Å²) in [7, 11) is 2.00. The van der Waals surface area contributed by atoms with Crippen molar-refractivity contribution in [3.63, 3.8) is 0 Å². The fourth-order valence-corrected chi connectivity index (χ4v) is 3.27. The maximum absolute atomic E-state index is 6.45. The van der Waals surface area contributed by atoms with Crippen molar-refractivity contribution < 1.29 is 0 Å². The number of hydrogen-bond acceptors (Lipinski definition) is 2. The fourth-order valence-electron chi connectivity index (χ4n) is 3.27. The molecule has 3 unspecified atom stereocenters. The van der Waals surface area contributed by atoms with Crippen LogP contribution in [0.4, 0.5) is 0 Å². The normalized spacial score (nSPS) is 22.8. The average Bonchev–Trinajstić information content (AvgIpc) is 3.20. The van der Waals surface area contributed by atoms with Crippen molar-refractivity contribution in [2.24, 2.45) is 18.7 Å². The fraction of sp³-hybridized carbons (Fsp3) is 0.471. The summed E-state index contributed by atoms with van der Waals surface area (Å²) in [5, 5.41) is 4.48. The van der Waals surface area contributed by atoms with Crippen molar-refractivity contribution in [1.82, 2.24) is 9.78 Å². The summed E-state index contributed by atoms with van der Waals surface area (Å²) in [5.74, 6) is 1.28. The molecule has 3 atom stereocenters. The highest BCUT2D eigenvalue weighted by Gasteiger charge is 2.42. The van der Waals surface area contributed by atoms with E-state index in [0.717, 1.165) is 12.1 Å². The standard InChI is InChI=1S/C17H23N3/c1-11-14(12(2)20(3)19-11)10-17(18)16-9-15(16)13-7-5-4-6-8-13/h4-8,15-17H,9-10,18H2,1-3H3. The third-order valence-corrected chi connectivity index (χ3v) is 4.72. The molecule has 1 heterocycles. The SMILES string of the molecule is Cc1nn(C)c(C)c1CC(N)C1CC1c1ccccc1. The molecule has 0 aliphatic heterocycles. The highest BCUT2D eigenvalue weighted by atomic mass is 15.3. The van der Waals surface area contributed by atoms with E-state index in [1.807, 2.05) is 11.7 Å². The summed E-state index contributed by atoms with van der Waals surface area (Å²) in [5.41, 5.74) is 11.6. The first-order valence-corrected chi connectivity index (χ1v) is 7.37. The van der Waals surface area contributed by atoms with Crippen LogP contribution in [0.25, 0.3) is 0 Å². The van der Waals surface area contributed by atoms with E-state index in [1.165, 1.54) is 23.2 Å². The molecule has 0 bridgehead atoms. The molecule has 0 amide bonds. The Morgan fingerprint density at radius 2 is 2.00 bits per heavy atom. The topological polar surface area (TPSA) is 43.8 Å². The molecule has 20 heavy (non-hydrogen) atoms. The lowest BCUT2D eigenvalue weighted by atomic mass is 9.98. The molecule has 3 nitrogen and oxygen atoms in total. The number of rotatable bonds is 4. The zero-order valence-corrected chi connectivity index (χ0v) is 12.5. The predicted molar refractivity (Wildman–Crippen MR) is 81.7 cm³/mol. The highest BCUT2D eigenvalue weighted by molar-refractivity contribution is 5.29. The third-order valence-electron chi connectivity index (χ3n) is 4.72. The Hall–Kier alpha value is -1.61. The number of aromatic nitrogens is 2. The molecule has 2 aromatic rings. The van der Waals surface area contributed by atoms with Crippen LogP contribution in [-0.4, -0.2) is 15.8 Å². The van der Waals surface area contributed by atoms with Gasteiger partial charge in [0.1, 0.15) is 0 Å². The molecule has 1 aromatic carbocycles. The van der Waals surface area contributed by atoms with E-state index in [-0.39, 0.29) is 6.04 Å². The molecule has 2 N–H and O–H groups in total. The lowest BCUT2D eigenvalue weighted by Crippen LogP contribution is -2.26. The Labute approximate surface area is 120 Å². The number of benzene rings is 1. The van der Waals surface area contributed by atoms with Crippen LogP contribution in [0.3, 0.4) is 0 Å². The molecule has 3 heteroatoms. The average molecular weight is 269 g/mol. The minimum Gasteiger partial charge on any atom is -0.327 e. The van der Waals surface area contributed by atoms with E-state index < -0.39 is 0 Å². The van der Waals surface area contributed by atoms with Crippen LogP contribution in [0.5, 0.6) is 0 Å². The van der Waals surface area contributed by atoms with Crippen molar-refractivity contribution in [2.75, 3.05) is 0 Å². The molecule has 1 fully saturated rings. The van der Waals surface area contributed by atoms with Gasteiger partial charge in [-0.15, -0.1) is 0 Å². The van der Waals surface area contributed by atoms with Gasteiger partial charge >= 0.3 is 0 Å². The first-order chi connectivity index (χ1) is 9.58. The molecular formula is C17H23N3. The van der Waals surface area contributed by atoms with Crippen molar-refractivity contribution in [3.05, 3.63) is 52.8 Å². The monoisotopic (exact) mass is 269 g/mol. The van der Waals surface area contributed by atoms with Crippen LogP contribution in [0.15, 0.2) is 30.3 Å². The van der Waals surface area contributed by atoms with Gasteiger partial charge in [-0.05, 0) is 49.7 Å². The quantitative estimate of drug-likeness (QED) is 0.927. The van der Waals surface area contributed by atoms with Crippen molar-refractivity contribution in [2.45, 2.75) is 38.6 Å². The number of nitrogens with zero attached hydrogens (tertiary/aromatic N) is 2. The second kappa shape index (κ2) is 5.06. The lowest BCUT2D eigenvalue weighted by molar-refractivity contribution is 0.574. The molecule has 0 spiro atoms. The molecule has 1 aliphatic rings. The second-order valence-electron chi connectivity index (χ2n) is 6.06. The van der Waals surface area contributed by atoms with Gasteiger partial charge in [0, 0.05) is 18.8 Å². The van der Waals surface area contributed by atoms with Crippen LogP contribution < -0.4 is 5.73 Å². The van der Waals surface area contributed by atoms with E-state index in [1.54, 1.807) is 0 Å². The summed E-state index contributed by atoms with van der Waals surface area (Å²) in [4.78, 5) is 0. The Balaban J connectivity index is 1.68. The van der Waals surface area contributed by atoms with E-state index in [4.69, 9.17) is 5.73 Å². The van der Waals surface area contributed by atoms with Crippen LogP contribution in [-0.2, 0) is 13.5 Å². The summed E-state index contributed by atoms with van der Waals surface area (Å²) in [6.07, 6.45) is 2.17. The number of aryl methyl sites for hydroxylation is 2. The van der Waals surface area contributed by atoms with E-state index in [0.29, 0.717) is 11.8 Å². The minimum absolute atomic E-state index is 0.238. The van der Waals surface area contributed by atoms with E-state index >= 15 is 0 Å². The van der Waals surface area contributed by atoms with Gasteiger partial charge in [0.2, 0.25) is 0 Å². The van der Waals surface area contributed by atoms with Gasteiger partial charge in [-0.1, -0.05) is 30.3 Å². The first-order valence-electron chi connectivity index (χ1n) is 7.37. The third kappa shape index (κ3) is 2.38. The Morgan fingerprint density at radius 1 is 1.30 bits per heavy atom. The van der Waals surface area contributed by atoms with Gasteiger partial charge in [-0.3, -0.25) is 4.68 Å². The zero-order chi connectivity index (χ0) is 14.3. The van der Waals surface area contributed by atoms with Crippen LogP contribution in [0.2, 0.25) is 0 Å². The van der Waals surface area contributed by atoms with Crippen LogP contribution in [0, 0.1) is 19.8 Å². The Bertz CT molecular complexity index is 600. The molecule has 106 valence electrons. The van der Waals surface area contributed by atoms with Crippen molar-refractivity contribution in [1.29, 1.82) is 0 Å². The first kappa shape index (κ1) is 13.4. The number of nitrogens with two attached hydrogens (primary N) is 1. The van der Waals surface area contributed by atoms with E-state index in [9.17, 15) is 0 Å². The zero-order valence-electron chi connectivity index (χ0n) is 12.5. The van der Waals surface area contributed by atoms with Gasteiger partial charge in [0.05, 0.1) is 5.69 Å². The molecule has 0 radical (unpaired) electrons. The predicted octanol–water partition coefficient (Wildman–Crippen LogP) is 2.71. The summed E-state index contributed by atoms with van der Waals surface area (Å²) in [6.45, 7) is 4.21. The van der Waals surface area contributed by atoms with Gasteiger partial charge in [-0.2, -0.15) is 5.10 Å². The van der Waals surface area contributed by atoms with Crippen LogP contribution >= 0.6 is 0 Å². The molecule has 1 aliphatic carbocycles. The van der Waals surface area contributed by atoms with Crippen LogP contribution in [0.1, 0.15) is 34.9 Å². The largest absolute Gasteiger partial charge is 0.327 e. The Morgan fingerprint density at radius 3 is 2.60 bits per heavy atom. The maximum atomic E-state index is 6.45. The minimum atomic E-state index is 0.238. The molecular weight excluding hydrogens is 246 g/mol. The van der Waals surface area contributed by atoms with E-state index in [2.05, 4.69) is 49.3 Å². The van der Waals surface area contributed by atoms with Gasteiger partial charge in [0.25, 0.3) is 0 Å². The smallest absolute Gasteiger partial charge is 0.0628 e. The summed E-state index contributed by atoms with van der Waals surface area (Å²) in [6, 6.07) is 11.0. The Kier molecular flexibility index (Phi) is 3.38. The number of hydrogen-bond donors (Lipinski definition) is 1. The van der Waals surface area contributed by atoms with Gasteiger partial charge < -0.3 is 5.73 Å². The molecule has 3 rings (SSSR count). The molecule has 0 saturated heterocycles. The molecule has 1 saturated carbocycles. The molecule has 1 aromatic heterocycles. The summed E-state index contributed by atoms with van der Waals surface area (Å²) < 4.78 is 1.96. The van der Waals surface area contributed by atoms with Crippen molar-refractivity contribution >= 4 is 0 Å². The summed E-state index contributed by atoms with van der Waals surface area (Å²) >= 11 is 0. The van der Waals surface area contributed by atoms with Crippen molar-refractivity contribution in [3.8, 4) is 0 Å². The highest BCUT2D eigenvalue weighted by Crippen LogP contribution is 2.49. The lowest BCUT2D eigenvalue weighted by Gasteiger charge is -2.12. The maximum Gasteiger partial charge on any atom is 0.0628 e.